The van der Waals surface area contributed by atoms with E-state index in [1.807, 2.05) is 0 Å². The quantitative estimate of drug-likeness (QED) is 0.616. The molecule has 0 unspecified atom stereocenters. The molecule has 0 atom stereocenters. The molecule has 7 heteroatoms. The van der Waals surface area contributed by atoms with Gasteiger partial charge in [0.15, 0.2) is 11.6 Å². The third kappa shape index (κ3) is 3.29. The van der Waals surface area contributed by atoms with Gasteiger partial charge in [0.2, 0.25) is 0 Å². The summed E-state index contributed by atoms with van der Waals surface area (Å²) in [6, 6.07) is 7.80. The average Bonchev–Trinajstić information content (AvgIpc) is 2.39. The Kier molecular flexibility index (Phi) is 3.97. The van der Waals surface area contributed by atoms with Crippen LogP contribution in [0.2, 0.25) is 0 Å². The van der Waals surface area contributed by atoms with Gasteiger partial charge in [-0.1, -0.05) is 29.7 Å². The molecule has 2 rings (SSSR count). The third-order valence-electron chi connectivity index (χ3n) is 2.65. The highest BCUT2D eigenvalue weighted by molar-refractivity contribution is 6.74. The Morgan fingerprint density at radius 3 is 2.25 bits per heavy atom. The first-order chi connectivity index (χ1) is 9.38. The van der Waals surface area contributed by atoms with E-state index in [0.29, 0.717) is 0 Å². The lowest BCUT2D eigenvalue weighted by molar-refractivity contribution is 0.306. The van der Waals surface area contributed by atoms with Crippen LogP contribution in [0.15, 0.2) is 42.5 Å². The van der Waals surface area contributed by atoms with Gasteiger partial charge in [-0.25, -0.2) is 8.78 Å². The molecule has 0 heterocycles. The van der Waals surface area contributed by atoms with Crippen LogP contribution in [0.5, 0.6) is 5.75 Å². The molecule has 0 aromatic heterocycles. The Morgan fingerprint density at radius 1 is 0.900 bits per heavy atom. The summed E-state index contributed by atoms with van der Waals surface area (Å²) >= 11 is 0. The van der Waals surface area contributed by atoms with Crippen molar-refractivity contribution in [1.82, 2.24) is 0 Å². The number of rotatable bonds is 4. The number of benzene rings is 2. The van der Waals surface area contributed by atoms with Crippen molar-refractivity contribution in [3.05, 3.63) is 59.7 Å². The molecule has 0 aliphatic heterocycles. The Hall–Kier alpha value is -2.05. The first-order valence-electron chi connectivity index (χ1n) is 5.73. The van der Waals surface area contributed by atoms with Gasteiger partial charge in [-0.05, 0) is 23.8 Å². The van der Waals surface area contributed by atoms with Gasteiger partial charge in [0, 0.05) is 0 Å². The van der Waals surface area contributed by atoms with Crippen molar-refractivity contribution < 1.29 is 26.5 Å². The predicted molar refractivity (Wildman–Crippen MR) is 65.8 cm³/mol. The topological polar surface area (TPSA) is 9.23 Å². The zero-order chi connectivity index (χ0) is 14.8. The standard InChI is InChI=1S/C13H9BF5O/c15-11-6-5-9(7-12(11)16)8-20-13-4-2-1-3-10(13)14(17,18)19/h1-7H,8H2/q-1. The molecular weight excluding hydrogens is 278 g/mol. The minimum atomic E-state index is -5.19. The van der Waals surface area contributed by atoms with Crippen LogP contribution in [-0.4, -0.2) is 6.98 Å². The van der Waals surface area contributed by atoms with Crippen LogP contribution in [0.1, 0.15) is 5.56 Å². The van der Waals surface area contributed by atoms with Crippen LogP contribution in [0, 0.1) is 11.6 Å². The zero-order valence-corrected chi connectivity index (χ0v) is 10.1. The summed E-state index contributed by atoms with van der Waals surface area (Å²) < 4.78 is 69.0. The highest BCUT2D eigenvalue weighted by Crippen LogP contribution is 2.19. The SMILES string of the molecule is Fc1ccc(COc2ccccc2[B-](F)(F)F)cc1F. The van der Waals surface area contributed by atoms with Crippen molar-refractivity contribution in [2.24, 2.45) is 0 Å². The molecule has 0 fully saturated rings. The van der Waals surface area contributed by atoms with Crippen LogP contribution < -0.4 is 10.2 Å². The second-order valence-corrected chi connectivity index (χ2v) is 4.15. The summed E-state index contributed by atoms with van der Waals surface area (Å²) in [4.78, 5) is 0. The zero-order valence-electron chi connectivity index (χ0n) is 10.1. The van der Waals surface area contributed by atoms with E-state index in [4.69, 9.17) is 4.74 Å². The van der Waals surface area contributed by atoms with Crippen molar-refractivity contribution in [2.75, 3.05) is 0 Å². The van der Waals surface area contributed by atoms with Crippen LogP contribution >= 0.6 is 0 Å². The van der Waals surface area contributed by atoms with Crippen LogP contribution in [0.3, 0.4) is 0 Å². The van der Waals surface area contributed by atoms with Gasteiger partial charge in [0.1, 0.15) is 6.61 Å². The van der Waals surface area contributed by atoms with Gasteiger partial charge in [0.05, 0.1) is 5.75 Å². The summed E-state index contributed by atoms with van der Waals surface area (Å²) in [5.41, 5.74) is -0.608. The first-order valence-corrected chi connectivity index (χ1v) is 5.73. The van der Waals surface area contributed by atoms with Gasteiger partial charge in [-0.2, -0.15) is 0 Å². The molecular formula is C13H9BF5O-. The van der Waals surface area contributed by atoms with E-state index in [2.05, 4.69) is 0 Å². The van der Waals surface area contributed by atoms with E-state index in [9.17, 15) is 21.7 Å². The molecule has 0 saturated heterocycles. The Balaban J connectivity index is 2.17. The van der Waals surface area contributed by atoms with Crippen molar-refractivity contribution in [3.63, 3.8) is 0 Å². The van der Waals surface area contributed by atoms with Crippen LogP contribution in [-0.2, 0) is 6.61 Å². The van der Waals surface area contributed by atoms with Crippen molar-refractivity contribution >= 4 is 12.4 Å². The van der Waals surface area contributed by atoms with Crippen molar-refractivity contribution in [3.8, 4) is 5.75 Å². The first kappa shape index (κ1) is 14.4. The second kappa shape index (κ2) is 5.52. The van der Waals surface area contributed by atoms with E-state index >= 15 is 0 Å². The highest BCUT2D eigenvalue weighted by atomic mass is 19.4. The molecule has 2 aromatic rings. The molecule has 0 aliphatic rings. The predicted octanol–water partition coefficient (Wildman–Crippen LogP) is 3.60. The van der Waals surface area contributed by atoms with Gasteiger partial charge in [-0.15, -0.1) is 0 Å². The molecule has 0 radical (unpaired) electrons. The smallest absolute Gasteiger partial charge is 0.492 e. The van der Waals surface area contributed by atoms with Crippen LogP contribution in [0.25, 0.3) is 0 Å². The molecule has 2 aromatic carbocycles. The lowest BCUT2D eigenvalue weighted by Crippen LogP contribution is -2.35. The number of halogens is 5. The fraction of sp³-hybridized carbons (Fsp3) is 0.0769. The summed E-state index contributed by atoms with van der Waals surface area (Å²) in [5, 5.41) is 0. The largest absolute Gasteiger partial charge is 0.513 e. The molecule has 106 valence electrons. The Morgan fingerprint density at radius 2 is 1.60 bits per heavy atom. The Bertz CT molecular complexity index is 612. The monoisotopic (exact) mass is 287 g/mol. The molecule has 1 nitrogen and oxygen atoms in total. The maximum atomic E-state index is 13.0. The average molecular weight is 287 g/mol. The van der Waals surface area contributed by atoms with Crippen molar-refractivity contribution in [1.29, 1.82) is 0 Å². The van der Waals surface area contributed by atoms with E-state index < -0.39 is 24.1 Å². The lowest BCUT2D eigenvalue weighted by atomic mass is 9.79. The lowest BCUT2D eigenvalue weighted by Gasteiger charge is -2.19. The van der Waals surface area contributed by atoms with Gasteiger partial charge in [-0.3, -0.25) is 0 Å². The summed E-state index contributed by atoms with van der Waals surface area (Å²) in [6.07, 6.45) is 0. The minimum absolute atomic E-state index is 0.244. The molecule has 0 spiro atoms. The molecule has 0 aliphatic carbocycles. The molecule has 0 bridgehead atoms. The fourth-order valence-electron chi connectivity index (χ4n) is 1.67. The fourth-order valence-corrected chi connectivity index (χ4v) is 1.67. The van der Waals surface area contributed by atoms with E-state index in [1.165, 1.54) is 24.3 Å². The van der Waals surface area contributed by atoms with E-state index in [1.54, 1.807) is 0 Å². The van der Waals surface area contributed by atoms with Gasteiger partial charge in [0.25, 0.3) is 0 Å². The third-order valence-corrected chi connectivity index (χ3v) is 2.65. The molecule has 0 amide bonds. The van der Waals surface area contributed by atoms with E-state index in [0.717, 1.165) is 18.2 Å². The maximum Gasteiger partial charge on any atom is 0.513 e. The second-order valence-electron chi connectivity index (χ2n) is 4.15. The number of para-hydroxylation sites is 1. The minimum Gasteiger partial charge on any atom is -0.492 e. The summed E-state index contributed by atoms with van der Waals surface area (Å²) in [7, 11) is 0. The summed E-state index contributed by atoms with van der Waals surface area (Å²) in [5.74, 6) is -2.42. The van der Waals surface area contributed by atoms with Crippen molar-refractivity contribution in [2.45, 2.75) is 6.61 Å². The highest BCUT2D eigenvalue weighted by Gasteiger charge is 2.28. The maximum absolute atomic E-state index is 13.0. The number of ether oxygens (including phenoxy) is 1. The number of hydrogen-bond donors (Lipinski definition) is 0. The van der Waals surface area contributed by atoms with E-state index in [-0.39, 0.29) is 17.9 Å². The normalized spacial score (nSPS) is 11.4. The molecule has 0 N–H and O–H groups in total. The van der Waals surface area contributed by atoms with Gasteiger partial charge < -0.3 is 17.7 Å². The number of hydrogen-bond acceptors (Lipinski definition) is 1. The summed E-state index contributed by atoms with van der Waals surface area (Å²) in [6.45, 7) is -5.47. The molecule has 0 saturated carbocycles. The molecule has 20 heavy (non-hydrogen) atoms. The van der Waals surface area contributed by atoms with Gasteiger partial charge >= 0.3 is 6.98 Å². The Labute approximate surface area is 112 Å². The van der Waals surface area contributed by atoms with Crippen LogP contribution in [0.4, 0.5) is 21.7 Å².